The number of aliphatic hydroxyl groups excluding tert-OH is 1. The predicted molar refractivity (Wildman–Crippen MR) is 124 cm³/mol. The van der Waals surface area contributed by atoms with Crippen molar-refractivity contribution in [1.82, 2.24) is 15.2 Å². The quantitative estimate of drug-likeness (QED) is 0.536. The summed E-state index contributed by atoms with van der Waals surface area (Å²) >= 11 is 0. The monoisotopic (exact) mass is 427 g/mol. The maximum atomic E-state index is 10.5. The molecule has 170 valence electrons. The van der Waals surface area contributed by atoms with Crippen molar-refractivity contribution >= 4 is 0 Å². The number of benzene rings is 1. The lowest BCUT2D eigenvalue weighted by molar-refractivity contribution is 0.0645. The van der Waals surface area contributed by atoms with Gasteiger partial charge in [0.2, 0.25) is 0 Å². The third kappa shape index (κ3) is 8.48. The van der Waals surface area contributed by atoms with Crippen molar-refractivity contribution in [3.63, 3.8) is 0 Å². The van der Waals surface area contributed by atoms with E-state index in [-0.39, 0.29) is 6.61 Å². The van der Waals surface area contributed by atoms with Crippen LogP contribution in [0, 0.1) is 0 Å². The number of likely N-dealkylation sites (tertiary alicyclic amines) is 1. The number of rotatable bonds is 11. The van der Waals surface area contributed by atoms with E-state index in [9.17, 15) is 5.11 Å². The first kappa shape index (κ1) is 23.5. The van der Waals surface area contributed by atoms with Crippen LogP contribution in [0.1, 0.15) is 43.2 Å². The van der Waals surface area contributed by atoms with E-state index in [4.69, 9.17) is 9.47 Å². The number of nitrogens with zero attached hydrogens (tertiary/aromatic N) is 2. The smallest absolute Gasteiger partial charge is 0.161 e. The fourth-order valence-corrected chi connectivity index (χ4v) is 3.98. The number of β-amino-alcohol motifs (C(OH)–C–C–N with tert-alkyl or cyclic N) is 1. The second-order valence-electron chi connectivity index (χ2n) is 8.31. The minimum Gasteiger partial charge on any atom is -0.493 e. The maximum Gasteiger partial charge on any atom is 0.161 e. The molecule has 0 amide bonds. The molecule has 1 aromatic heterocycles. The summed E-state index contributed by atoms with van der Waals surface area (Å²) < 4.78 is 11.4. The highest BCUT2D eigenvalue weighted by molar-refractivity contribution is 5.43. The molecule has 1 aromatic carbocycles. The third-order valence-electron chi connectivity index (χ3n) is 5.72. The van der Waals surface area contributed by atoms with Crippen molar-refractivity contribution in [3.05, 3.63) is 53.9 Å². The van der Waals surface area contributed by atoms with E-state index >= 15 is 0 Å². The molecule has 6 heteroatoms. The normalized spacial score (nSPS) is 16.3. The van der Waals surface area contributed by atoms with E-state index in [0.717, 1.165) is 38.2 Å². The summed E-state index contributed by atoms with van der Waals surface area (Å²) in [5.41, 5.74) is 2.36. The van der Waals surface area contributed by atoms with Crippen LogP contribution < -0.4 is 14.8 Å². The minimum absolute atomic E-state index is 0.273. The lowest BCUT2D eigenvalue weighted by atomic mass is 10.1. The maximum absolute atomic E-state index is 10.5. The summed E-state index contributed by atoms with van der Waals surface area (Å²) in [7, 11) is 1.65. The number of ether oxygens (including phenoxy) is 2. The van der Waals surface area contributed by atoms with E-state index in [0.29, 0.717) is 18.0 Å². The second kappa shape index (κ2) is 13.3. The van der Waals surface area contributed by atoms with Gasteiger partial charge >= 0.3 is 0 Å². The Morgan fingerprint density at radius 2 is 1.87 bits per heavy atom. The standard InChI is InChI=1S/C25H37N3O3/c1-30-25-16-22(18-27-13-11-21-8-7-12-26-17-21)9-10-24(25)31-20-23(29)19-28-14-5-3-2-4-6-15-28/h7-10,12,16-17,23,27,29H,2-6,11,13-15,18-20H2,1H3/t23-/m0/s1. The van der Waals surface area contributed by atoms with Crippen LogP contribution >= 0.6 is 0 Å². The largest absolute Gasteiger partial charge is 0.493 e. The van der Waals surface area contributed by atoms with Crippen LogP contribution in [0.5, 0.6) is 11.5 Å². The molecule has 0 spiro atoms. The lowest BCUT2D eigenvalue weighted by Gasteiger charge is -2.26. The molecule has 0 aliphatic carbocycles. The highest BCUT2D eigenvalue weighted by Crippen LogP contribution is 2.28. The van der Waals surface area contributed by atoms with Crippen LogP contribution in [-0.4, -0.2) is 61.0 Å². The second-order valence-corrected chi connectivity index (χ2v) is 8.31. The van der Waals surface area contributed by atoms with Gasteiger partial charge in [-0.3, -0.25) is 4.98 Å². The van der Waals surface area contributed by atoms with Crippen LogP contribution in [0.2, 0.25) is 0 Å². The van der Waals surface area contributed by atoms with Gasteiger partial charge in [0, 0.05) is 25.5 Å². The fourth-order valence-electron chi connectivity index (χ4n) is 3.98. The Morgan fingerprint density at radius 3 is 2.61 bits per heavy atom. The predicted octanol–water partition coefficient (Wildman–Crippen LogP) is 3.43. The zero-order valence-electron chi connectivity index (χ0n) is 18.8. The van der Waals surface area contributed by atoms with Crippen LogP contribution in [0.3, 0.4) is 0 Å². The van der Waals surface area contributed by atoms with Gasteiger partial charge in [-0.25, -0.2) is 0 Å². The summed E-state index contributed by atoms with van der Waals surface area (Å²) in [6.07, 6.45) is 10.5. The zero-order chi connectivity index (χ0) is 21.7. The van der Waals surface area contributed by atoms with Crippen LogP contribution in [0.15, 0.2) is 42.7 Å². The van der Waals surface area contributed by atoms with Crippen molar-refractivity contribution in [2.24, 2.45) is 0 Å². The molecule has 0 bridgehead atoms. The summed E-state index contributed by atoms with van der Waals surface area (Å²) in [6.45, 7) is 4.73. The molecule has 1 aliphatic rings. The topological polar surface area (TPSA) is 66.8 Å². The Labute approximate surface area is 186 Å². The molecule has 2 aromatic rings. The molecular formula is C25H37N3O3. The summed E-state index contributed by atoms with van der Waals surface area (Å²) in [5.74, 6) is 1.37. The van der Waals surface area contributed by atoms with Gasteiger partial charge in [0.05, 0.1) is 7.11 Å². The van der Waals surface area contributed by atoms with E-state index in [1.54, 1.807) is 13.3 Å². The Hall–Kier alpha value is -2.15. The number of aliphatic hydroxyl groups is 1. The van der Waals surface area contributed by atoms with Crippen LogP contribution in [0.4, 0.5) is 0 Å². The molecule has 1 aliphatic heterocycles. The minimum atomic E-state index is -0.502. The molecule has 3 rings (SSSR count). The van der Waals surface area contributed by atoms with E-state index < -0.39 is 6.10 Å². The van der Waals surface area contributed by atoms with Crippen molar-refractivity contribution in [1.29, 1.82) is 0 Å². The van der Waals surface area contributed by atoms with Gasteiger partial charge in [-0.1, -0.05) is 31.4 Å². The summed E-state index contributed by atoms with van der Waals surface area (Å²) in [6, 6.07) is 10.0. The number of aromatic nitrogens is 1. The molecule has 6 nitrogen and oxygen atoms in total. The summed E-state index contributed by atoms with van der Waals surface area (Å²) in [5, 5.41) is 13.9. The molecule has 2 heterocycles. The average Bonchev–Trinajstić information content (AvgIpc) is 2.78. The van der Waals surface area contributed by atoms with Gasteiger partial charge < -0.3 is 24.8 Å². The molecule has 1 fully saturated rings. The molecule has 1 atom stereocenters. The average molecular weight is 428 g/mol. The number of methoxy groups -OCH3 is 1. The van der Waals surface area contributed by atoms with Gasteiger partial charge in [0.25, 0.3) is 0 Å². The van der Waals surface area contributed by atoms with Gasteiger partial charge in [-0.05, 0) is 68.2 Å². The molecular weight excluding hydrogens is 390 g/mol. The third-order valence-corrected chi connectivity index (χ3v) is 5.72. The van der Waals surface area contributed by atoms with E-state index in [1.807, 2.05) is 30.5 Å². The first-order valence-electron chi connectivity index (χ1n) is 11.5. The van der Waals surface area contributed by atoms with Gasteiger partial charge in [-0.15, -0.1) is 0 Å². The number of pyridine rings is 1. The number of nitrogens with one attached hydrogen (secondary N) is 1. The SMILES string of the molecule is COc1cc(CNCCc2cccnc2)ccc1OC[C@@H](O)CN1CCCCCCC1. The molecule has 1 saturated heterocycles. The van der Waals surface area contributed by atoms with Crippen molar-refractivity contribution in [3.8, 4) is 11.5 Å². The van der Waals surface area contributed by atoms with Crippen molar-refractivity contribution in [2.45, 2.75) is 51.2 Å². The molecule has 0 radical (unpaired) electrons. The lowest BCUT2D eigenvalue weighted by Crippen LogP contribution is -2.37. The van der Waals surface area contributed by atoms with Gasteiger partial charge in [0.15, 0.2) is 11.5 Å². The summed E-state index contributed by atoms with van der Waals surface area (Å²) in [4.78, 5) is 6.51. The molecule has 31 heavy (non-hydrogen) atoms. The Bertz CT molecular complexity index is 749. The van der Waals surface area contributed by atoms with Crippen LogP contribution in [0.25, 0.3) is 0 Å². The first-order valence-corrected chi connectivity index (χ1v) is 11.5. The first-order chi connectivity index (χ1) is 15.2. The zero-order valence-corrected chi connectivity index (χ0v) is 18.8. The van der Waals surface area contributed by atoms with Crippen molar-refractivity contribution in [2.75, 3.05) is 39.9 Å². The number of hydrogen-bond acceptors (Lipinski definition) is 6. The van der Waals surface area contributed by atoms with E-state index in [1.165, 1.54) is 37.7 Å². The highest BCUT2D eigenvalue weighted by atomic mass is 16.5. The highest BCUT2D eigenvalue weighted by Gasteiger charge is 2.15. The molecule has 0 unspecified atom stereocenters. The Balaban J connectivity index is 1.42. The fraction of sp³-hybridized carbons (Fsp3) is 0.560. The van der Waals surface area contributed by atoms with Gasteiger partial charge in [0.1, 0.15) is 12.7 Å². The van der Waals surface area contributed by atoms with E-state index in [2.05, 4.69) is 21.3 Å². The Morgan fingerprint density at radius 1 is 1.06 bits per heavy atom. The van der Waals surface area contributed by atoms with Gasteiger partial charge in [-0.2, -0.15) is 0 Å². The van der Waals surface area contributed by atoms with Crippen molar-refractivity contribution < 1.29 is 14.6 Å². The van der Waals surface area contributed by atoms with Crippen LogP contribution in [-0.2, 0) is 13.0 Å². The molecule has 2 N–H and O–H groups in total. The molecule has 0 saturated carbocycles. The number of hydrogen-bond donors (Lipinski definition) is 2. The Kier molecular flexibility index (Phi) is 10.1.